The maximum Gasteiger partial charge on any atom is 0.264 e. The molecule has 0 heterocycles. The molecule has 0 fully saturated rings. The minimum Gasteiger partial charge on any atom is -0.273 e. The first-order chi connectivity index (χ1) is 13.9. The fourth-order valence-electron chi connectivity index (χ4n) is 4.46. The number of nitrogens with one attached hydrogen (secondary N) is 1. The van der Waals surface area contributed by atoms with Gasteiger partial charge in [-0.3, -0.25) is 4.79 Å². The van der Waals surface area contributed by atoms with Crippen molar-refractivity contribution >= 4 is 38.3 Å². The van der Waals surface area contributed by atoms with Crippen molar-refractivity contribution in [3.63, 3.8) is 0 Å². The number of rotatable bonds is 4. The van der Waals surface area contributed by atoms with Gasteiger partial charge in [-0.25, -0.2) is 13.1 Å². The van der Waals surface area contributed by atoms with Gasteiger partial charge in [0.15, 0.2) is 0 Å². The molecule has 1 amide bonds. The summed E-state index contributed by atoms with van der Waals surface area (Å²) < 4.78 is 28.7. The zero-order valence-corrected chi connectivity index (χ0v) is 17.7. The second-order valence-electron chi connectivity index (χ2n) is 7.48. The van der Waals surface area contributed by atoms with Gasteiger partial charge in [0.05, 0.1) is 10.3 Å². The summed E-state index contributed by atoms with van der Waals surface area (Å²) in [6.45, 7) is 1.91. The molecule has 0 aliphatic heterocycles. The van der Waals surface area contributed by atoms with Crippen LogP contribution >= 0.6 is 11.6 Å². The molecule has 0 unspecified atom stereocenters. The quantitative estimate of drug-likeness (QED) is 0.638. The molecule has 1 N–H and O–H groups in total. The molecular weight excluding hydrogens is 406 g/mol. The summed E-state index contributed by atoms with van der Waals surface area (Å²) in [5.41, 5.74) is 0.827. The summed E-state index contributed by atoms with van der Waals surface area (Å²) in [6.07, 6.45) is 2.68. The maximum absolute atomic E-state index is 13.4. The Labute approximate surface area is 175 Å². The summed E-state index contributed by atoms with van der Waals surface area (Å²) in [5, 5.41) is 1.91. The third-order valence-corrected chi connectivity index (χ3v) is 7.64. The third kappa shape index (κ3) is 3.32. The standard InChI is InChI=1S/C23H22ClNO3S/c1-2-23(15-7-11-17-10-5-13-19(24)21(17)23)22(26)25-29(27,28)20-14-6-9-16-8-3-4-12-18(16)20/h3-6,8-10,12-14H,2,7,11,15H2,1H3,(H,25,26)/t23-/m0/s1. The number of hydrogen-bond acceptors (Lipinski definition) is 3. The second-order valence-corrected chi connectivity index (χ2v) is 9.53. The van der Waals surface area contributed by atoms with Gasteiger partial charge in [0.25, 0.3) is 10.0 Å². The van der Waals surface area contributed by atoms with Crippen LogP contribution in [0.2, 0.25) is 5.02 Å². The molecule has 29 heavy (non-hydrogen) atoms. The van der Waals surface area contributed by atoms with E-state index in [9.17, 15) is 13.2 Å². The summed E-state index contributed by atoms with van der Waals surface area (Å²) in [6, 6.07) is 17.9. The van der Waals surface area contributed by atoms with E-state index >= 15 is 0 Å². The van der Waals surface area contributed by atoms with Gasteiger partial charge in [0.2, 0.25) is 5.91 Å². The second kappa shape index (κ2) is 7.47. The zero-order chi connectivity index (χ0) is 20.6. The minimum atomic E-state index is -4.04. The van der Waals surface area contributed by atoms with E-state index < -0.39 is 21.3 Å². The van der Waals surface area contributed by atoms with Crippen LogP contribution in [0.15, 0.2) is 65.6 Å². The fraction of sp³-hybridized carbons (Fsp3) is 0.261. The molecule has 0 radical (unpaired) electrons. The van der Waals surface area contributed by atoms with E-state index in [1.807, 2.05) is 37.3 Å². The largest absolute Gasteiger partial charge is 0.273 e. The summed E-state index contributed by atoms with van der Waals surface area (Å²) in [7, 11) is -4.04. The summed E-state index contributed by atoms with van der Waals surface area (Å²) in [4.78, 5) is 13.5. The third-order valence-electron chi connectivity index (χ3n) is 5.93. The molecule has 0 bridgehead atoms. The van der Waals surface area contributed by atoms with Crippen LogP contribution in [0.1, 0.15) is 37.3 Å². The van der Waals surface area contributed by atoms with E-state index in [2.05, 4.69) is 4.72 Å². The van der Waals surface area contributed by atoms with E-state index in [0.29, 0.717) is 23.3 Å². The number of halogens is 1. The Morgan fingerprint density at radius 2 is 1.79 bits per heavy atom. The monoisotopic (exact) mass is 427 g/mol. The molecule has 1 atom stereocenters. The first kappa shape index (κ1) is 19.9. The first-order valence-corrected chi connectivity index (χ1v) is 11.6. The van der Waals surface area contributed by atoms with Crippen LogP contribution in [-0.4, -0.2) is 14.3 Å². The summed E-state index contributed by atoms with van der Waals surface area (Å²) >= 11 is 6.49. The number of aryl methyl sites for hydroxylation is 1. The lowest BCUT2D eigenvalue weighted by molar-refractivity contribution is -0.125. The molecule has 3 aromatic rings. The predicted octanol–water partition coefficient (Wildman–Crippen LogP) is 4.98. The molecule has 150 valence electrons. The van der Waals surface area contributed by atoms with Gasteiger partial charge in [-0.2, -0.15) is 0 Å². The van der Waals surface area contributed by atoms with Gasteiger partial charge >= 0.3 is 0 Å². The minimum absolute atomic E-state index is 0.102. The van der Waals surface area contributed by atoms with Crippen molar-refractivity contribution in [2.75, 3.05) is 0 Å². The Balaban J connectivity index is 1.78. The van der Waals surface area contributed by atoms with Gasteiger partial charge in [0.1, 0.15) is 0 Å². The predicted molar refractivity (Wildman–Crippen MR) is 116 cm³/mol. The summed E-state index contributed by atoms with van der Waals surface area (Å²) in [5.74, 6) is -0.512. The fourth-order valence-corrected chi connectivity index (χ4v) is 6.12. The van der Waals surface area contributed by atoms with Crippen molar-refractivity contribution in [1.29, 1.82) is 0 Å². The Morgan fingerprint density at radius 3 is 2.59 bits per heavy atom. The molecule has 1 aliphatic carbocycles. The number of carbonyl (C=O) groups excluding carboxylic acids is 1. The van der Waals surface area contributed by atoms with Crippen LogP contribution in [0.5, 0.6) is 0 Å². The topological polar surface area (TPSA) is 63.2 Å². The van der Waals surface area contributed by atoms with Crippen LogP contribution in [0, 0.1) is 0 Å². The van der Waals surface area contributed by atoms with Gasteiger partial charge < -0.3 is 0 Å². The Bertz CT molecular complexity index is 1200. The highest BCUT2D eigenvalue weighted by Gasteiger charge is 2.44. The lowest BCUT2D eigenvalue weighted by Crippen LogP contribution is -2.48. The highest BCUT2D eigenvalue weighted by Crippen LogP contribution is 2.44. The number of carbonyl (C=O) groups is 1. The van der Waals surface area contributed by atoms with Crippen LogP contribution in [0.25, 0.3) is 10.8 Å². The van der Waals surface area contributed by atoms with Crippen molar-refractivity contribution in [3.05, 3.63) is 76.8 Å². The van der Waals surface area contributed by atoms with Gasteiger partial charge in [-0.05, 0) is 54.3 Å². The molecule has 1 aliphatic rings. The van der Waals surface area contributed by atoms with Crippen molar-refractivity contribution in [2.24, 2.45) is 0 Å². The van der Waals surface area contributed by atoms with Gasteiger partial charge in [-0.1, -0.05) is 67.1 Å². The molecule has 0 saturated heterocycles. The number of sulfonamides is 1. The van der Waals surface area contributed by atoms with Gasteiger partial charge in [0, 0.05) is 10.4 Å². The molecule has 6 heteroatoms. The average molecular weight is 428 g/mol. The van der Waals surface area contributed by atoms with Crippen LogP contribution < -0.4 is 4.72 Å². The SMILES string of the molecule is CC[C@]1(C(=O)NS(=O)(=O)c2cccc3ccccc23)CCCc2cccc(Cl)c21. The number of fused-ring (bicyclic) bond motifs is 2. The lowest BCUT2D eigenvalue weighted by atomic mass is 9.68. The average Bonchev–Trinajstić information content (AvgIpc) is 2.72. The highest BCUT2D eigenvalue weighted by molar-refractivity contribution is 7.90. The molecule has 4 nitrogen and oxygen atoms in total. The van der Waals surface area contributed by atoms with Crippen LogP contribution in [0.4, 0.5) is 0 Å². The van der Waals surface area contributed by atoms with E-state index in [0.717, 1.165) is 29.4 Å². The number of hydrogen-bond donors (Lipinski definition) is 1. The Hall–Kier alpha value is -2.37. The van der Waals surface area contributed by atoms with Gasteiger partial charge in [-0.15, -0.1) is 0 Å². The van der Waals surface area contributed by atoms with Crippen LogP contribution in [0.3, 0.4) is 0 Å². The Morgan fingerprint density at radius 1 is 1.07 bits per heavy atom. The van der Waals surface area contributed by atoms with E-state index in [1.165, 1.54) is 6.07 Å². The highest BCUT2D eigenvalue weighted by atomic mass is 35.5. The smallest absolute Gasteiger partial charge is 0.264 e. The number of benzene rings is 3. The molecule has 0 saturated carbocycles. The zero-order valence-electron chi connectivity index (χ0n) is 16.1. The molecule has 0 aromatic heterocycles. The van der Waals surface area contributed by atoms with E-state index in [-0.39, 0.29) is 4.90 Å². The van der Waals surface area contributed by atoms with E-state index in [4.69, 9.17) is 11.6 Å². The first-order valence-electron chi connectivity index (χ1n) is 9.72. The van der Waals surface area contributed by atoms with E-state index in [1.54, 1.807) is 24.3 Å². The van der Waals surface area contributed by atoms with Crippen LogP contribution in [-0.2, 0) is 26.7 Å². The maximum atomic E-state index is 13.4. The normalized spacial score (nSPS) is 19.0. The van der Waals surface area contributed by atoms with Crippen molar-refractivity contribution in [1.82, 2.24) is 4.72 Å². The van der Waals surface area contributed by atoms with Crippen molar-refractivity contribution < 1.29 is 13.2 Å². The number of amides is 1. The lowest BCUT2D eigenvalue weighted by Gasteiger charge is -2.37. The molecule has 4 rings (SSSR count). The van der Waals surface area contributed by atoms with Crippen molar-refractivity contribution in [2.45, 2.75) is 42.9 Å². The molecular formula is C23H22ClNO3S. The van der Waals surface area contributed by atoms with Crippen molar-refractivity contribution in [3.8, 4) is 0 Å². The Kier molecular flexibility index (Phi) is 5.13. The molecule has 3 aromatic carbocycles. The molecule has 0 spiro atoms.